The van der Waals surface area contributed by atoms with E-state index >= 15 is 0 Å². The van der Waals surface area contributed by atoms with E-state index in [1.165, 1.54) is 0 Å². The Morgan fingerprint density at radius 3 is 2.45 bits per heavy atom. The molecular formula is C8H13O2Y-. The van der Waals surface area contributed by atoms with Crippen molar-refractivity contribution in [2.75, 3.05) is 0 Å². The Labute approximate surface area is 93.0 Å². The summed E-state index contributed by atoms with van der Waals surface area (Å²) in [6.07, 6.45) is 3.00. The monoisotopic (exact) mass is 230 g/mol. The number of ketones is 1. The molecule has 0 bridgehead atoms. The molecule has 11 heavy (non-hydrogen) atoms. The molecule has 0 aliphatic carbocycles. The zero-order valence-corrected chi connectivity index (χ0v) is 9.93. The van der Waals surface area contributed by atoms with Gasteiger partial charge in [0.1, 0.15) is 6.29 Å². The van der Waals surface area contributed by atoms with Gasteiger partial charge in [-0.05, 0) is 12.7 Å². The van der Waals surface area contributed by atoms with Crippen molar-refractivity contribution in [1.82, 2.24) is 0 Å². The summed E-state index contributed by atoms with van der Waals surface area (Å²) in [6, 6.07) is 0. The Morgan fingerprint density at radius 2 is 2.09 bits per heavy atom. The smallest absolute Gasteiger partial charge is 0.119 e. The first-order valence-electron chi connectivity index (χ1n) is 3.45. The summed E-state index contributed by atoms with van der Waals surface area (Å²) in [5, 5.41) is 0. The second-order valence-electron chi connectivity index (χ2n) is 2.40. The van der Waals surface area contributed by atoms with Crippen LogP contribution in [0.25, 0.3) is 0 Å². The third-order valence-electron chi connectivity index (χ3n) is 1.47. The van der Waals surface area contributed by atoms with Gasteiger partial charge in [-0.25, -0.2) is 0 Å². The van der Waals surface area contributed by atoms with Gasteiger partial charge in [0.2, 0.25) is 0 Å². The van der Waals surface area contributed by atoms with E-state index in [1.807, 2.05) is 6.92 Å². The molecule has 0 rings (SSSR count). The number of carbonyl (C=O) groups is 2. The standard InChI is InChI=1S/C8H13O2.Y/c1-7(8(2)10)5-3-4-6-9;/h6H,3-5H2,1-2H3;/q-1;. The van der Waals surface area contributed by atoms with E-state index in [1.54, 1.807) is 6.92 Å². The molecule has 0 saturated carbocycles. The van der Waals surface area contributed by atoms with Crippen molar-refractivity contribution in [3.8, 4) is 0 Å². The topological polar surface area (TPSA) is 34.1 Å². The summed E-state index contributed by atoms with van der Waals surface area (Å²) >= 11 is 0. The maximum Gasteiger partial charge on any atom is 0.119 e. The van der Waals surface area contributed by atoms with Crippen molar-refractivity contribution in [3.63, 3.8) is 0 Å². The first kappa shape index (κ1) is 13.9. The molecule has 0 aliphatic heterocycles. The number of carbonyl (C=O) groups excluding carboxylic acids is 2. The van der Waals surface area contributed by atoms with E-state index in [9.17, 15) is 9.59 Å². The van der Waals surface area contributed by atoms with Gasteiger partial charge in [-0.1, -0.05) is 6.42 Å². The normalized spacial score (nSPS) is 8.18. The minimum atomic E-state index is 0. The van der Waals surface area contributed by atoms with Crippen LogP contribution in [0.4, 0.5) is 0 Å². The van der Waals surface area contributed by atoms with Crippen molar-refractivity contribution in [1.29, 1.82) is 0 Å². The minimum absolute atomic E-state index is 0. The first-order chi connectivity index (χ1) is 4.68. The molecule has 0 aromatic carbocycles. The zero-order valence-electron chi connectivity index (χ0n) is 7.09. The third-order valence-corrected chi connectivity index (χ3v) is 1.47. The zero-order chi connectivity index (χ0) is 7.98. The van der Waals surface area contributed by atoms with Crippen molar-refractivity contribution in [2.24, 2.45) is 0 Å². The van der Waals surface area contributed by atoms with Crippen LogP contribution in [0.3, 0.4) is 0 Å². The molecule has 0 fully saturated rings. The van der Waals surface area contributed by atoms with Crippen LogP contribution in [0, 0.1) is 5.92 Å². The molecule has 0 aromatic rings. The molecule has 2 nitrogen and oxygen atoms in total. The Hall–Kier alpha value is 0.314. The molecule has 0 aliphatic rings. The summed E-state index contributed by atoms with van der Waals surface area (Å²) in [5.74, 6) is 0.993. The van der Waals surface area contributed by atoms with E-state index < -0.39 is 0 Å². The fourth-order valence-corrected chi connectivity index (χ4v) is 0.627. The Bertz CT molecular complexity index is 123. The van der Waals surface area contributed by atoms with Crippen LogP contribution >= 0.6 is 0 Å². The fraction of sp³-hybridized carbons (Fsp3) is 0.625. The number of aldehydes is 1. The second kappa shape index (κ2) is 8.41. The van der Waals surface area contributed by atoms with Crippen LogP contribution in [0.5, 0.6) is 0 Å². The molecule has 0 N–H and O–H groups in total. The average Bonchev–Trinajstić information content (AvgIpc) is 1.88. The molecule has 0 aromatic heterocycles. The number of hydrogen-bond acceptors (Lipinski definition) is 2. The summed E-state index contributed by atoms with van der Waals surface area (Å²) in [6.45, 7) is 3.36. The van der Waals surface area contributed by atoms with Gasteiger partial charge < -0.3 is 15.5 Å². The molecule has 1 radical (unpaired) electrons. The van der Waals surface area contributed by atoms with Crippen molar-refractivity contribution in [2.45, 2.75) is 33.1 Å². The van der Waals surface area contributed by atoms with Crippen LogP contribution in [-0.2, 0) is 42.3 Å². The predicted octanol–water partition coefficient (Wildman–Crippen LogP) is 1.54. The fourth-order valence-electron chi connectivity index (χ4n) is 0.627. The maximum atomic E-state index is 10.6. The van der Waals surface area contributed by atoms with E-state index in [0.29, 0.717) is 6.42 Å². The van der Waals surface area contributed by atoms with Crippen LogP contribution < -0.4 is 0 Å². The number of rotatable bonds is 5. The van der Waals surface area contributed by atoms with Gasteiger partial charge in [0.15, 0.2) is 0 Å². The Balaban J connectivity index is 0. The SMILES string of the molecule is CC(=O)[C-](C)CCCC=O.[Y]. The Morgan fingerprint density at radius 1 is 1.55 bits per heavy atom. The third kappa shape index (κ3) is 8.22. The van der Waals surface area contributed by atoms with Crippen molar-refractivity contribution in [3.05, 3.63) is 5.92 Å². The molecule has 0 unspecified atom stereocenters. The van der Waals surface area contributed by atoms with Crippen molar-refractivity contribution < 1.29 is 42.3 Å². The van der Waals surface area contributed by atoms with Gasteiger partial charge in [0, 0.05) is 39.1 Å². The molecule has 3 heteroatoms. The van der Waals surface area contributed by atoms with Gasteiger partial charge in [-0.15, -0.1) is 0 Å². The van der Waals surface area contributed by atoms with Gasteiger partial charge in [0.25, 0.3) is 0 Å². The van der Waals surface area contributed by atoms with Crippen LogP contribution in [0.1, 0.15) is 33.1 Å². The number of unbranched alkanes of at least 4 members (excludes halogenated alkanes) is 1. The summed E-state index contributed by atoms with van der Waals surface area (Å²) < 4.78 is 0. The summed E-state index contributed by atoms with van der Waals surface area (Å²) in [5.41, 5.74) is 0. The number of Topliss-reactive ketones (excluding diaryl/α,β-unsaturated/α-hetero) is 1. The van der Waals surface area contributed by atoms with E-state index in [-0.39, 0.29) is 38.5 Å². The average molecular weight is 230 g/mol. The van der Waals surface area contributed by atoms with E-state index in [0.717, 1.165) is 25.0 Å². The van der Waals surface area contributed by atoms with Crippen LogP contribution in [0.15, 0.2) is 0 Å². The largest absolute Gasteiger partial charge is 0.334 e. The van der Waals surface area contributed by atoms with Crippen LogP contribution in [-0.4, -0.2) is 12.1 Å². The van der Waals surface area contributed by atoms with Gasteiger partial charge >= 0.3 is 0 Å². The summed E-state index contributed by atoms with van der Waals surface area (Å²) in [4.78, 5) is 20.5. The molecule has 0 atom stereocenters. The van der Waals surface area contributed by atoms with Gasteiger partial charge in [-0.2, -0.15) is 13.3 Å². The van der Waals surface area contributed by atoms with E-state index in [4.69, 9.17) is 0 Å². The molecule has 0 saturated heterocycles. The molecule has 0 heterocycles. The molecular weight excluding hydrogens is 217 g/mol. The molecule has 0 spiro atoms. The second-order valence-corrected chi connectivity index (χ2v) is 2.40. The van der Waals surface area contributed by atoms with Crippen molar-refractivity contribution >= 4 is 12.1 Å². The predicted molar refractivity (Wildman–Crippen MR) is 39.5 cm³/mol. The van der Waals surface area contributed by atoms with Crippen LogP contribution in [0.2, 0.25) is 0 Å². The summed E-state index contributed by atoms with van der Waals surface area (Å²) in [7, 11) is 0. The number of hydrogen-bond donors (Lipinski definition) is 0. The molecule has 61 valence electrons. The van der Waals surface area contributed by atoms with E-state index in [2.05, 4.69) is 0 Å². The van der Waals surface area contributed by atoms with Gasteiger partial charge in [-0.3, -0.25) is 0 Å². The molecule has 0 amide bonds. The Kier molecular flexibility index (Phi) is 10.6. The quantitative estimate of drug-likeness (QED) is 0.408. The minimum Gasteiger partial charge on any atom is -0.334 e. The first-order valence-corrected chi connectivity index (χ1v) is 3.45. The van der Waals surface area contributed by atoms with Gasteiger partial charge in [0.05, 0.1) is 0 Å². The maximum absolute atomic E-state index is 10.6.